The SMILES string of the molecule is O=C(c1ccc(Br)o1)N1CCc2noc(-c3ccc(F)cc3)c2C1. The van der Waals surface area contributed by atoms with Crippen LogP contribution in [0.4, 0.5) is 4.39 Å². The first-order valence-electron chi connectivity index (χ1n) is 7.40. The molecule has 0 fully saturated rings. The maximum atomic E-state index is 13.1. The van der Waals surface area contributed by atoms with E-state index in [-0.39, 0.29) is 17.5 Å². The highest BCUT2D eigenvalue weighted by Crippen LogP contribution is 2.31. The Bertz CT molecular complexity index is 901. The lowest BCUT2D eigenvalue weighted by Gasteiger charge is -2.25. The molecule has 2 aromatic heterocycles. The van der Waals surface area contributed by atoms with Crippen molar-refractivity contribution in [2.75, 3.05) is 6.54 Å². The maximum absolute atomic E-state index is 13.1. The van der Waals surface area contributed by atoms with E-state index in [1.807, 2.05) is 0 Å². The van der Waals surface area contributed by atoms with Crippen molar-refractivity contribution in [1.82, 2.24) is 10.1 Å². The van der Waals surface area contributed by atoms with Crippen LogP contribution < -0.4 is 0 Å². The van der Waals surface area contributed by atoms with Crippen LogP contribution in [0.25, 0.3) is 11.3 Å². The zero-order valence-electron chi connectivity index (χ0n) is 12.5. The Kier molecular flexibility index (Phi) is 3.72. The molecule has 0 atom stereocenters. The van der Waals surface area contributed by atoms with Gasteiger partial charge in [0.15, 0.2) is 16.2 Å². The Balaban J connectivity index is 1.63. The van der Waals surface area contributed by atoms with Crippen molar-refractivity contribution in [1.29, 1.82) is 0 Å². The molecule has 3 heterocycles. The third kappa shape index (κ3) is 2.65. The van der Waals surface area contributed by atoms with Crippen molar-refractivity contribution in [3.8, 4) is 11.3 Å². The maximum Gasteiger partial charge on any atom is 0.289 e. The average molecular weight is 391 g/mol. The van der Waals surface area contributed by atoms with Crippen molar-refractivity contribution < 1.29 is 18.1 Å². The highest BCUT2D eigenvalue weighted by molar-refractivity contribution is 9.10. The molecule has 0 unspecified atom stereocenters. The summed E-state index contributed by atoms with van der Waals surface area (Å²) < 4.78 is 24.4. The molecule has 1 aliphatic heterocycles. The van der Waals surface area contributed by atoms with Crippen molar-refractivity contribution in [3.05, 3.63) is 63.9 Å². The van der Waals surface area contributed by atoms with Crippen LogP contribution in [-0.4, -0.2) is 22.5 Å². The monoisotopic (exact) mass is 390 g/mol. The normalized spacial score (nSPS) is 13.8. The molecule has 0 bridgehead atoms. The van der Waals surface area contributed by atoms with Crippen LogP contribution in [0, 0.1) is 5.82 Å². The fourth-order valence-electron chi connectivity index (χ4n) is 2.80. The van der Waals surface area contributed by atoms with E-state index < -0.39 is 0 Å². The first kappa shape index (κ1) is 15.1. The first-order valence-corrected chi connectivity index (χ1v) is 8.19. The molecule has 0 aliphatic carbocycles. The van der Waals surface area contributed by atoms with Gasteiger partial charge in [0.1, 0.15) is 5.82 Å². The number of benzene rings is 1. The summed E-state index contributed by atoms with van der Waals surface area (Å²) in [4.78, 5) is 14.2. The van der Waals surface area contributed by atoms with Crippen LogP contribution >= 0.6 is 15.9 Å². The van der Waals surface area contributed by atoms with E-state index in [1.54, 1.807) is 29.2 Å². The number of carbonyl (C=O) groups is 1. The van der Waals surface area contributed by atoms with Gasteiger partial charge in [-0.05, 0) is 52.3 Å². The number of fused-ring (bicyclic) bond motifs is 1. The highest BCUT2D eigenvalue weighted by atomic mass is 79.9. The molecule has 0 saturated heterocycles. The molecule has 1 aliphatic rings. The number of hydrogen-bond donors (Lipinski definition) is 0. The van der Waals surface area contributed by atoms with Gasteiger partial charge in [-0.15, -0.1) is 0 Å². The topological polar surface area (TPSA) is 59.5 Å². The third-order valence-electron chi connectivity index (χ3n) is 4.01. The standard InChI is InChI=1S/C17H12BrFN2O3/c18-15-6-5-14(23-15)17(22)21-8-7-13-12(9-21)16(24-20-13)10-1-3-11(19)4-2-10/h1-6H,7-9H2. The summed E-state index contributed by atoms with van der Waals surface area (Å²) in [6.45, 7) is 0.919. The van der Waals surface area contributed by atoms with Gasteiger partial charge in [-0.3, -0.25) is 4.79 Å². The summed E-state index contributed by atoms with van der Waals surface area (Å²) in [6.07, 6.45) is 0.605. The molecule has 0 spiro atoms. The van der Waals surface area contributed by atoms with Crippen LogP contribution in [-0.2, 0) is 13.0 Å². The number of aromatic nitrogens is 1. The summed E-state index contributed by atoms with van der Waals surface area (Å²) in [5.41, 5.74) is 2.42. The third-order valence-corrected chi connectivity index (χ3v) is 4.44. The zero-order valence-corrected chi connectivity index (χ0v) is 14.0. The summed E-state index contributed by atoms with van der Waals surface area (Å²) in [5, 5.41) is 4.09. The quantitative estimate of drug-likeness (QED) is 0.662. The number of amides is 1. The van der Waals surface area contributed by atoms with Gasteiger partial charge in [0.2, 0.25) is 0 Å². The lowest BCUT2D eigenvalue weighted by atomic mass is 10.0. The molecule has 4 rings (SSSR count). The Morgan fingerprint density at radius 2 is 2.00 bits per heavy atom. The van der Waals surface area contributed by atoms with E-state index in [4.69, 9.17) is 8.94 Å². The molecular formula is C17H12BrFN2O3. The number of rotatable bonds is 2. The van der Waals surface area contributed by atoms with Gasteiger partial charge in [0.25, 0.3) is 5.91 Å². The van der Waals surface area contributed by atoms with E-state index in [9.17, 15) is 9.18 Å². The van der Waals surface area contributed by atoms with E-state index in [2.05, 4.69) is 21.1 Å². The molecular weight excluding hydrogens is 379 g/mol. The van der Waals surface area contributed by atoms with Crippen molar-refractivity contribution >= 4 is 21.8 Å². The van der Waals surface area contributed by atoms with Crippen molar-refractivity contribution in [3.63, 3.8) is 0 Å². The molecule has 0 saturated carbocycles. The minimum atomic E-state index is -0.313. The molecule has 24 heavy (non-hydrogen) atoms. The second-order valence-electron chi connectivity index (χ2n) is 5.52. The van der Waals surface area contributed by atoms with E-state index >= 15 is 0 Å². The van der Waals surface area contributed by atoms with Crippen LogP contribution in [0.3, 0.4) is 0 Å². The number of carbonyl (C=O) groups excluding carboxylic acids is 1. The van der Waals surface area contributed by atoms with E-state index in [1.165, 1.54) is 12.1 Å². The second kappa shape index (κ2) is 5.90. The van der Waals surface area contributed by atoms with Crippen LogP contribution in [0.15, 0.2) is 50.0 Å². The van der Waals surface area contributed by atoms with Gasteiger partial charge in [0.05, 0.1) is 12.2 Å². The first-order chi connectivity index (χ1) is 11.6. The summed E-state index contributed by atoms with van der Waals surface area (Å²) in [5.74, 6) is 0.359. The van der Waals surface area contributed by atoms with Crippen LogP contribution in [0.2, 0.25) is 0 Å². The lowest BCUT2D eigenvalue weighted by molar-refractivity contribution is 0.0701. The molecule has 7 heteroatoms. The number of nitrogens with zero attached hydrogens (tertiary/aromatic N) is 2. The molecule has 1 amide bonds. The van der Waals surface area contributed by atoms with Gasteiger partial charge < -0.3 is 13.8 Å². The molecule has 0 N–H and O–H groups in total. The Hall–Kier alpha value is -2.41. The number of hydrogen-bond acceptors (Lipinski definition) is 4. The van der Waals surface area contributed by atoms with E-state index in [0.717, 1.165) is 16.8 Å². The molecule has 122 valence electrons. The summed E-state index contributed by atoms with van der Waals surface area (Å²) in [7, 11) is 0. The van der Waals surface area contributed by atoms with Crippen LogP contribution in [0.5, 0.6) is 0 Å². The Labute approximate surface area is 145 Å². The smallest absolute Gasteiger partial charge is 0.289 e. The predicted molar refractivity (Wildman–Crippen MR) is 86.7 cm³/mol. The minimum Gasteiger partial charge on any atom is -0.444 e. The Morgan fingerprint density at radius 1 is 1.21 bits per heavy atom. The van der Waals surface area contributed by atoms with Gasteiger partial charge >= 0.3 is 0 Å². The number of halogens is 2. The molecule has 1 aromatic carbocycles. The lowest BCUT2D eigenvalue weighted by Crippen LogP contribution is -2.35. The van der Waals surface area contributed by atoms with Crippen molar-refractivity contribution in [2.45, 2.75) is 13.0 Å². The van der Waals surface area contributed by atoms with Gasteiger partial charge in [-0.1, -0.05) is 5.16 Å². The van der Waals surface area contributed by atoms with Crippen molar-refractivity contribution in [2.24, 2.45) is 0 Å². The fourth-order valence-corrected chi connectivity index (χ4v) is 3.11. The average Bonchev–Trinajstić information content (AvgIpc) is 3.21. The number of furan rings is 1. The van der Waals surface area contributed by atoms with Gasteiger partial charge in [-0.25, -0.2) is 4.39 Å². The Morgan fingerprint density at radius 3 is 2.71 bits per heavy atom. The van der Waals surface area contributed by atoms with Gasteiger partial charge in [0, 0.05) is 24.1 Å². The minimum absolute atomic E-state index is 0.183. The zero-order chi connectivity index (χ0) is 16.7. The summed E-state index contributed by atoms with van der Waals surface area (Å²) >= 11 is 3.20. The second-order valence-corrected chi connectivity index (χ2v) is 6.31. The summed E-state index contributed by atoms with van der Waals surface area (Å²) in [6, 6.07) is 9.34. The molecule has 5 nitrogen and oxygen atoms in total. The van der Waals surface area contributed by atoms with Crippen LogP contribution in [0.1, 0.15) is 21.8 Å². The fraction of sp³-hybridized carbons (Fsp3) is 0.176. The van der Waals surface area contributed by atoms with E-state index in [0.29, 0.717) is 29.9 Å². The predicted octanol–water partition coefficient (Wildman–Crippen LogP) is 4.03. The molecule has 3 aromatic rings. The largest absolute Gasteiger partial charge is 0.444 e. The molecule has 0 radical (unpaired) electrons. The highest BCUT2D eigenvalue weighted by Gasteiger charge is 2.29. The van der Waals surface area contributed by atoms with Gasteiger partial charge in [-0.2, -0.15) is 0 Å².